The molecule has 0 unspecified atom stereocenters. The van der Waals surface area contributed by atoms with E-state index in [1.54, 1.807) is 4.68 Å². The summed E-state index contributed by atoms with van der Waals surface area (Å²) in [6, 6.07) is 15.5. The second kappa shape index (κ2) is 10.2. The molecule has 41 heavy (non-hydrogen) atoms. The summed E-state index contributed by atoms with van der Waals surface area (Å²) < 4.78 is 7.88. The summed E-state index contributed by atoms with van der Waals surface area (Å²) in [5.74, 6) is 2.80. The van der Waals surface area contributed by atoms with Crippen LogP contribution in [0.4, 0.5) is 17.3 Å². The van der Waals surface area contributed by atoms with Crippen LogP contribution in [0.5, 0.6) is 11.5 Å². The van der Waals surface area contributed by atoms with Crippen molar-refractivity contribution in [3.05, 3.63) is 73.1 Å². The smallest absolute Gasteiger partial charge is 0.246 e. The van der Waals surface area contributed by atoms with Gasteiger partial charge in [-0.3, -0.25) is 4.79 Å². The summed E-state index contributed by atoms with van der Waals surface area (Å²) in [4.78, 5) is 30.3. The average molecular weight is 550 g/mol. The van der Waals surface area contributed by atoms with Crippen LogP contribution in [0.2, 0.25) is 0 Å². The Labute approximate surface area is 237 Å². The first-order chi connectivity index (χ1) is 19.7. The number of carbonyl (C=O) groups excluding carboxylic acids is 1. The highest BCUT2D eigenvalue weighted by molar-refractivity contribution is 5.89. The number of hydrogen-bond acceptors (Lipinski definition) is 9. The molecule has 1 N–H and O–H groups in total. The number of pyridine rings is 1. The van der Waals surface area contributed by atoms with Gasteiger partial charge < -0.3 is 19.9 Å². The Morgan fingerprint density at radius 3 is 2.71 bits per heavy atom. The molecular formula is C30H31N9O2. The van der Waals surface area contributed by atoms with Crippen LogP contribution in [0.25, 0.3) is 22.1 Å². The molecule has 0 atom stereocenters. The molecule has 0 bridgehead atoms. The highest BCUT2D eigenvalue weighted by Gasteiger charge is 2.36. The van der Waals surface area contributed by atoms with E-state index in [-0.39, 0.29) is 11.4 Å². The first-order valence-electron chi connectivity index (χ1n) is 13.4. The summed E-state index contributed by atoms with van der Waals surface area (Å²) in [5, 5.41) is 11.6. The van der Waals surface area contributed by atoms with Gasteiger partial charge in [-0.2, -0.15) is 0 Å². The highest BCUT2D eigenvalue weighted by Crippen LogP contribution is 2.32. The Balaban J connectivity index is 1.23. The topological polar surface area (TPSA) is 114 Å². The number of hydrogen-bond donors (Lipinski definition) is 1. The van der Waals surface area contributed by atoms with Gasteiger partial charge in [0.2, 0.25) is 5.91 Å². The molecule has 0 radical (unpaired) electrons. The van der Waals surface area contributed by atoms with Gasteiger partial charge in [0.1, 0.15) is 34.7 Å². The number of anilines is 3. The standard InChI is InChI=1S/C30H31N9O2/c1-6-27(40)39-14-13-38(17-30(39,3)4)26-12-9-22-28(34-26)29(32-18-31-22)33-20-7-11-25(19(2)15-20)41-21-8-10-24-23(16-21)35-36-37(24)5/h6-12,15-16,18H,1,13-14,17H2,2-5H3,(H,31,32,33). The molecule has 11 nitrogen and oxygen atoms in total. The number of aryl methyl sites for hydroxylation is 2. The maximum Gasteiger partial charge on any atom is 0.246 e. The third-order valence-electron chi connectivity index (χ3n) is 7.38. The summed E-state index contributed by atoms with van der Waals surface area (Å²) in [6.07, 6.45) is 2.90. The summed E-state index contributed by atoms with van der Waals surface area (Å²) >= 11 is 0. The van der Waals surface area contributed by atoms with Crippen LogP contribution in [0.15, 0.2) is 67.5 Å². The van der Waals surface area contributed by atoms with E-state index < -0.39 is 0 Å². The lowest BCUT2D eigenvalue weighted by Gasteiger charge is -2.47. The third-order valence-corrected chi connectivity index (χ3v) is 7.38. The van der Waals surface area contributed by atoms with Crippen molar-refractivity contribution in [2.24, 2.45) is 7.05 Å². The molecule has 1 amide bonds. The van der Waals surface area contributed by atoms with Crippen LogP contribution in [-0.2, 0) is 11.8 Å². The van der Waals surface area contributed by atoms with Crippen molar-refractivity contribution in [3.63, 3.8) is 0 Å². The Kier molecular flexibility index (Phi) is 6.49. The monoisotopic (exact) mass is 549 g/mol. The molecule has 0 spiro atoms. The van der Waals surface area contributed by atoms with Crippen molar-refractivity contribution in [1.82, 2.24) is 34.8 Å². The zero-order valence-corrected chi connectivity index (χ0v) is 23.5. The van der Waals surface area contributed by atoms with Gasteiger partial charge >= 0.3 is 0 Å². The van der Waals surface area contributed by atoms with E-state index in [4.69, 9.17) is 9.72 Å². The number of benzene rings is 2. The predicted molar refractivity (Wildman–Crippen MR) is 159 cm³/mol. The first kappa shape index (κ1) is 26.2. The van der Waals surface area contributed by atoms with E-state index in [2.05, 4.69) is 50.9 Å². The van der Waals surface area contributed by atoms with Crippen molar-refractivity contribution in [2.45, 2.75) is 26.3 Å². The molecule has 4 heterocycles. The average Bonchev–Trinajstić information content (AvgIpc) is 3.33. The number of nitrogens with one attached hydrogen (secondary N) is 1. The van der Waals surface area contributed by atoms with E-state index in [1.165, 1.54) is 12.4 Å². The fraction of sp³-hybridized carbons (Fsp3) is 0.267. The van der Waals surface area contributed by atoms with Gasteiger partial charge in [-0.15, -0.1) is 5.10 Å². The van der Waals surface area contributed by atoms with Gasteiger partial charge in [-0.25, -0.2) is 19.6 Å². The molecule has 1 aliphatic heterocycles. The molecule has 5 aromatic rings. The van der Waals surface area contributed by atoms with Gasteiger partial charge in [-0.1, -0.05) is 11.8 Å². The number of fused-ring (bicyclic) bond motifs is 2. The number of carbonyl (C=O) groups is 1. The summed E-state index contributed by atoms with van der Waals surface area (Å²) in [7, 11) is 1.86. The normalized spacial score (nSPS) is 14.8. The lowest BCUT2D eigenvalue weighted by atomic mass is 9.98. The Bertz CT molecular complexity index is 1800. The summed E-state index contributed by atoms with van der Waals surface area (Å²) in [5.41, 5.74) is 4.57. The van der Waals surface area contributed by atoms with E-state index in [0.29, 0.717) is 36.7 Å². The molecule has 0 aliphatic carbocycles. The van der Waals surface area contributed by atoms with E-state index in [9.17, 15) is 4.79 Å². The number of aromatic nitrogens is 6. The van der Waals surface area contributed by atoms with Gasteiger partial charge in [0.15, 0.2) is 5.82 Å². The molecule has 1 fully saturated rings. The van der Waals surface area contributed by atoms with Crippen LogP contribution in [0.1, 0.15) is 19.4 Å². The predicted octanol–water partition coefficient (Wildman–Crippen LogP) is 4.76. The van der Waals surface area contributed by atoms with Crippen LogP contribution in [-0.4, -0.2) is 65.9 Å². The van der Waals surface area contributed by atoms with Gasteiger partial charge in [0.25, 0.3) is 0 Å². The van der Waals surface area contributed by atoms with Gasteiger partial charge in [0.05, 0.1) is 16.6 Å². The van der Waals surface area contributed by atoms with Gasteiger partial charge in [0, 0.05) is 38.4 Å². The van der Waals surface area contributed by atoms with E-state index >= 15 is 0 Å². The minimum absolute atomic E-state index is 0.0562. The zero-order valence-electron chi connectivity index (χ0n) is 23.5. The Morgan fingerprint density at radius 2 is 1.93 bits per heavy atom. The number of rotatable bonds is 6. The SMILES string of the molecule is C=CC(=O)N1CCN(c2ccc3ncnc(Nc4ccc(Oc5ccc6c(c5)nnn6C)c(C)c4)c3n2)CC1(C)C. The third kappa shape index (κ3) is 5.02. The van der Waals surface area contributed by atoms with Crippen molar-refractivity contribution in [1.29, 1.82) is 0 Å². The highest BCUT2D eigenvalue weighted by atomic mass is 16.5. The molecule has 208 valence electrons. The minimum atomic E-state index is -0.365. The Morgan fingerprint density at radius 1 is 1.07 bits per heavy atom. The van der Waals surface area contributed by atoms with Crippen molar-refractivity contribution < 1.29 is 9.53 Å². The van der Waals surface area contributed by atoms with Crippen molar-refractivity contribution >= 4 is 45.3 Å². The lowest BCUT2D eigenvalue weighted by molar-refractivity contribution is -0.131. The molecule has 0 saturated carbocycles. The number of piperazine rings is 1. The molecule has 3 aromatic heterocycles. The second-order valence-corrected chi connectivity index (χ2v) is 10.8. The minimum Gasteiger partial charge on any atom is -0.457 e. The first-order valence-corrected chi connectivity index (χ1v) is 13.4. The quantitative estimate of drug-likeness (QED) is 0.299. The molecule has 1 saturated heterocycles. The largest absolute Gasteiger partial charge is 0.457 e. The number of amides is 1. The fourth-order valence-electron chi connectivity index (χ4n) is 5.26. The molecular weight excluding hydrogens is 518 g/mol. The lowest BCUT2D eigenvalue weighted by Crippen LogP contribution is -2.61. The Hall–Kier alpha value is -5.06. The molecule has 1 aliphatic rings. The van der Waals surface area contributed by atoms with Crippen LogP contribution >= 0.6 is 0 Å². The van der Waals surface area contributed by atoms with E-state index in [0.717, 1.165) is 39.4 Å². The number of ether oxygens (including phenoxy) is 1. The maximum absolute atomic E-state index is 12.3. The maximum atomic E-state index is 12.3. The van der Waals surface area contributed by atoms with Crippen molar-refractivity contribution in [3.8, 4) is 11.5 Å². The van der Waals surface area contributed by atoms with E-state index in [1.807, 2.05) is 67.4 Å². The van der Waals surface area contributed by atoms with Crippen LogP contribution in [0, 0.1) is 6.92 Å². The molecule has 11 heteroatoms. The summed E-state index contributed by atoms with van der Waals surface area (Å²) in [6.45, 7) is 11.7. The van der Waals surface area contributed by atoms with Gasteiger partial charge in [-0.05, 0) is 74.9 Å². The molecule has 2 aromatic carbocycles. The van der Waals surface area contributed by atoms with Crippen LogP contribution in [0.3, 0.4) is 0 Å². The number of nitrogens with zero attached hydrogens (tertiary/aromatic N) is 8. The van der Waals surface area contributed by atoms with Crippen LogP contribution < -0.4 is 15.0 Å². The second-order valence-electron chi connectivity index (χ2n) is 10.8. The van der Waals surface area contributed by atoms with Crippen molar-refractivity contribution in [2.75, 3.05) is 29.9 Å². The zero-order chi connectivity index (χ0) is 28.7. The fourth-order valence-corrected chi connectivity index (χ4v) is 5.26. The molecule has 6 rings (SSSR count).